The summed E-state index contributed by atoms with van der Waals surface area (Å²) in [6.07, 6.45) is 5.75. The number of amides is 3. The van der Waals surface area contributed by atoms with Gasteiger partial charge in [-0.3, -0.25) is 19.3 Å². The van der Waals surface area contributed by atoms with Crippen LogP contribution in [0.25, 0.3) is 17.0 Å². The van der Waals surface area contributed by atoms with E-state index in [0.717, 1.165) is 59.7 Å². The van der Waals surface area contributed by atoms with E-state index < -0.39 is 0 Å². The molecule has 2 aliphatic heterocycles. The summed E-state index contributed by atoms with van der Waals surface area (Å²) in [5.74, 6) is -0.215. The van der Waals surface area contributed by atoms with Gasteiger partial charge in [0.05, 0.1) is 11.4 Å². The molecule has 0 bridgehead atoms. The number of para-hydroxylation sites is 1. The van der Waals surface area contributed by atoms with Crippen LogP contribution in [0, 0.1) is 0 Å². The number of hydrogen-bond donors (Lipinski definition) is 0. The quantitative estimate of drug-likeness (QED) is 0.474. The van der Waals surface area contributed by atoms with Gasteiger partial charge >= 0.3 is 0 Å². The number of benzene rings is 2. The Morgan fingerprint density at radius 2 is 1.76 bits per heavy atom. The van der Waals surface area contributed by atoms with E-state index in [1.54, 1.807) is 30.3 Å². The predicted octanol–water partition coefficient (Wildman–Crippen LogP) is 5.15. The highest BCUT2D eigenvalue weighted by molar-refractivity contribution is 8.18. The highest BCUT2D eigenvalue weighted by Gasteiger charge is 2.35. The predicted molar refractivity (Wildman–Crippen MR) is 131 cm³/mol. The standard InChI is InChI=1S/C25H22ClN3O3S/c26-19-9-7-17(8-10-19)14-29-24(31)22(33-25(29)32)13-18-15-28(21-6-2-1-5-20(18)21)16-23(30)27-11-3-4-12-27/h1-2,5-10,13,15H,3-4,11-12,14,16H2/b22-13-. The van der Waals surface area contributed by atoms with E-state index in [0.29, 0.717) is 9.93 Å². The zero-order chi connectivity index (χ0) is 22.9. The first-order valence-electron chi connectivity index (χ1n) is 10.8. The van der Waals surface area contributed by atoms with Crippen molar-refractivity contribution >= 4 is 57.4 Å². The molecule has 0 unspecified atom stereocenters. The summed E-state index contributed by atoms with van der Waals surface area (Å²) >= 11 is 6.87. The Labute approximate surface area is 200 Å². The van der Waals surface area contributed by atoms with Gasteiger partial charge in [-0.1, -0.05) is 41.9 Å². The van der Waals surface area contributed by atoms with Gasteiger partial charge in [0.15, 0.2) is 0 Å². The van der Waals surface area contributed by atoms with Crippen molar-refractivity contribution in [1.82, 2.24) is 14.4 Å². The van der Waals surface area contributed by atoms with Gasteiger partial charge in [-0.25, -0.2) is 0 Å². The minimum absolute atomic E-state index is 0.100. The van der Waals surface area contributed by atoms with Crippen molar-refractivity contribution in [1.29, 1.82) is 0 Å². The normalized spacial score (nSPS) is 17.7. The number of nitrogens with zero attached hydrogens (tertiary/aromatic N) is 3. The lowest BCUT2D eigenvalue weighted by molar-refractivity contribution is -0.130. The second-order valence-electron chi connectivity index (χ2n) is 8.21. The molecule has 0 radical (unpaired) electrons. The van der Waals surface area contributed by atoms with Crippen molar-refractivity contribution in [2.75, 3.05) is 13.1 Å². The van der Waals surface area contributed by atoms with Crippen molar-refractivity contribution in [2.24, 2.45) is 0 Å². The number of halogens is 1. The van der Waals surface area contributed by atoms with Crippen LogP contribution in [0.15, 0.2) is 59.6 Å². The number of likely N-dealkylation sites (tertiary alicyclic amines) is 1. The maximum atomic E-state index is 13.0. The number of fused-ring (bicyclic) bond motifs is 1. The topological polar surface area (TPSA) is 62.6 Å². The number of aromatic nitrogens is 1. The van der Waals surface area contributed by atoms with Gasteiger partial charge in [0.2, 0.25) is 5.91 Å². The largest absolute Gasteiger partial charge is 0.341 e. The first kappa shape index (κ1) is 21.8. The summed E-state index contributed by atoms with van der Waals surface area (Å²) in [5.41, 5.74) is 2.58. The highest BCUT2D eigenvalue weighted by Crippen LogP contribution is 2.35. The lowest BCUT2D eigenvalue weighted by Gasteiger charge is -2.15. The van der Waals surface area contributed by atoms with Crippen LogP contribution in [0.4, 0.5) is 4.79 Å². The van der Waals surface area contributed by atoms with E-state index in [2.05, 4.69) is 0 Å². The third-order valence-corrected chi connectivity index (χ3v) is 7.16. The summed E-state index contributed by atoms with van der Waals surface area (Å²) in [5, 5.41) is 1.25. The molecule has 3 amide bonds. The highest BCUT2D eigenvalue weighted by atomic mass is 35.5. The van der Waals surface area contributed by atoms with E-state index in [4.69, 9.17) is 11.6 Å². The van der Waals surface area contributed by atoms with Gasteiger partial charge in [0.25, 0.3) is 11.1 Å². The van der Waals surface area contributed by atoms with Crippen LogP contribution in [-0.2, 0) is 22.7 Å². The van der Waals surface area contributed by atoms with Crippen molar-refractivity contribution in [2.45, 2.75) is 25.9 Å². The first-order chi connectivity index (χ1) is 16.0. The van der Waals surface area contributed by atoms with Crippen LogP contribution in [0.2, 0.25) is 5.02 Å². The van der Waals surface area contributed by atoms with E-state index in [9.17, 15) is 14.4 Å². The molecule has 168 valence electrons. The number of carbonyl (C=O) groups excluding carboxylic acids is 3. The molecule has 0 spiro atoms. The molecule has 0 atom stereocenters. The van der Waals surface area contributed by atoms with Gasteiger partial charge in [-0.05, 0) is 54.4 Å². The fourth-order valence-corrected chi connectivity index (χ4v) is 5.24. The molecular weight excluding hydrogens is 458 g/mol. The maximum absolute atomic E-state index is 13.0. The fraction of sp³-hybridized carbons (Fsp3) is 0.240. The van der Waals surface area contributed by atoms with Gasteiger partial charge in [0.1, 0.15) is 6.54 Å². The Kier molecular flexibility index (Phi) is 6.00. The SMILES string of the molecule is O=C(Cn1cc(/C=C2\SC(=O)N(Cc3ccc(Cl)cc3)C2=O)c2ccccc21)N1CCCC1. The molecule has 0 saturated carbocycles. The third kappa shape index (κ3) is 4.43. The van der Waals surface area contributed by atoms with Crippen molar-refractivity contribution in [3.63, 3.8) is 0 Å². The van der Waals surface area contributed by atoms with Crippen LogP contribution in [-0.4, -0.2) is 44.5 Å². The van der Waals surface area contributed by atoms with Crippen LogP contribution in [0.3, 0.4) is 0 Å². The molecule has 3 heterocycles. The number of thioether (sulfide) groups is 1. The summed E-state index contributed by atoms with van der Waals surface area (Å²) < 4.78 is 1.93. The molecule has 0 N–H and O–H groups in total. The molecule has 8 heteroatoms. The van der Waals surface area contributed by atoms with E-state index in [1.165, 1.54) is 4.90 Å². The number of hydrogen-bond acceptors (Lipinski definition) is 4. The lowest BCUT2D eigenvalue weighted by atomic mass is 10.1. The monoisotopic (exact) mass is 479 g/mol. The second kappa shape index (κ2) is 9.08. The molecular formula is C25H22ClN3O3S. The van der Waals surface area contributed by atoms with E-state index in [-0.39, 0.29) is 30.1 Å². The molecule has 33 heavy (non-hydrogen) atoms. The van der Waals surface area contributed by atoms with Crippen LogP contribution >= 0.6 is 23.4 Å². The third-order valence-electron chi connectivity index (χ3n) is 6.00. The summed E-state index contributed by atoms with van der Waals surface area (Å²) in [7, 11) is 0. The molecule has 0 aliphatic carbocycles. The van der Waals surface area contributed by atoms with Crippen molar-refractivity contribution in [3.05, 3.63) is 75.8 Å². The average Bonchev–Trinajstić information content (AvgIpc) is 3.52. The Bertz CT molecular complexity index is 1280. The molecule has 2 saturated heterocycles. The summed E-state index contributed by atoms with van der Waals surface area (Å²) in [6, 6.07) is 14.9. The first-order valence-corrected chi connectivity index (χ1v) is 12.0. The van der Waals surface area contributed by atoms with Gasteiger partial charge < -0.3 is 9.47 Å². The molecule has 6 nitrogen and oxygen atoms in total. The Morgan fingerprint density at radius 3 is 2.52 bits per heavy atom. The minimum Gasteiger partial charge on any atom is -0.341 e. The van der Waals surface area contributed by atoms with Crippen LogP contribution in [0.1, 0.15) is 24.0 Å². The van der Waals surface area contributed by atoms with Gasteiger partial charge in [0, 0.05) is 40.8 Å². The fourth-order valence-electron chi connectivity index (χ4n) is 4.28. The van der Waals surface area contributed by atoms with Crippen molar-refractivity contribution in [3.8, 4) is 0 Å². The van der Waals surface area contributed by atoms with Gasteiger partial charge in [-0.2, -0.15) is 0 Å². The van der Waals surface area contributed by atoms with Gasteiger partial charge in [-0.15, -0.1) is 0 Å². The van der Waals surface area contributed by atoms with Crippen LogP contribution in [0.5, 0.6) is 0 Å². The Hall–Kier alpha value is -3.03. The summed E-state index contributed by atoms with van der Waals surface area (Å²) in [6.45, 7) is 2.08. The molecule has 2 aliphatic rings. The van der Waals surface area contributed by atoms with E-state index >= 15 is 0 Å². The van der Waals surface area contributed by atoms with E-state index in [1.807, 2.05) is 39.9 Å². The number of imide groups is 1. The average molecular weight is 480 g/mol. The minimum atomic E-state index is -0.315. The molecule has 5 rings (SSSR count). The number of rotatable bonds is 5. The van der Waals surface area contributed by atoms with Crippen molar-refractivity contribution < 1.29 is 14.4 Å². The van der Waals surface area contributed by atoms with Crippen LogP contribution < -0.4 is 0 Å². The lowest BCUT2D eigenvalue weighted by Crippen LogP contribution is -2.30. The molecule has 1 aromatic heterocycles. The molecule has 3 aromatic rings. The maximum Gasteiger partial charge on any atom is 0.293 e. The molecule has 2 aromatic carbocycles. The zero-order valence-corrected chi connectivity index (χ0v) is 19.4. The molecule has 2 fully saturated rings. The Morgan fingerprint density at radius 1 is 1.03 bits per heavy atom. The smallest absolute Gasteiger partial charge is 0.293 e. The summed E-state index contributed by atoms with van der Waals surface area (Å²) in [4.78, 5) is 41.8. The number of carbonyl (C=O) groups is 3. The Balaban J connectivity index is 1.41. The zero-order valence-electron chi connectivity index (χ0n) is 17.9. The second-order valence-corrected chi connectivity index (χ2v) is 9.64.